The molecule has 0 bridgehead atoms. The molecule has 1 N–H and O–H groups in total. The number of halogens is 5. The molecule has 1 aromatic carbocycles. The van der Waals surface area contributed by atoms with E-state index in [2.05, 4.69) is 10.2 Å². The van der Waals surface area contributed by atoms with Gasteiger partial charge < -0.3 is 5.32 Å². The Bertz CT molecular complexity index is 473. The highest BCUT2D eigenvalue weighted by Gasteiger charge is 2.31. The van der Waals surface area contributed by atoms with Gasteiger partial charge in [0, 0.05) is 38.6 Å². The Hall–Kier alpha value is -0.850. The summed E-state index contributed by atoms with van der Waals surface area (Å²) in [5.41, 5.74) is 1.24. The van der Waals surface area contributed by atoms with Crippen molar-refractivity contribution in [3.63, 3.8) is 0 Å². The SMILES string of the molecule is Cc1cc([C@H](CCC(F)(F)F)N2CCNCC2)ccc1F.Cl. The van der Waals surface area contributed by atoms with E-state index in [1.807, 2.05) is 0 Å². The van der Waals surface area contributed by atoms with E-state index in [-0.39, 0.29) is 30.7 Å². The van der Waals surface area contributed by atoms with Crippen LogP contribution in [0.1, 0.15) is 30.0 Å². The van der Waals surface area contributed by atoms with E-state index in [1.54, 1.807) is 19.1 Å². The van der Waals surface area contributed by atoms with E-state index in [9.17, 15) is 17.6 Å². The third-order valence-corrected chi connectivity index (χ3v) is 3.86. The largest absolute Gasteiger partial charge is 0.389 e. The van der Waals surface area contributed by atoms with Crippen LogP contribution in [0.3, 0.4) is 0 Å². The Morgan fingerprint density at radius 3 is 2.41 bits per heavy atom. The lowest BCUT2D eigenvalue weighted by atomic mass is 9.97. The Morgan fingerprint density at radius 2 is 1.86 bits per heavy atom. The monoisotopic (exact) mass is 340 g/mol. The van der Waals surface area contributed by atoms with Gasteiger partial charge in [0.1, 0.15) is 5.82 Å². The average molecular weight is 341 g/mol. The molecule has 0 amide bonds. The molecule has 0 spiro atoms. The number of piperazine rings is 1. The van der Waals surface area contributed by atoms with E-state index in [4.69, 9.17) is 0 Å². The zero-order valence-electron chi connectivity index (χ0n) is 12.4. The molecule has 0 unspecified atom stereocenters. The topological polar surface area (TPSA) is 15.3 Å². The Labute approximate surface area is 134 Å². The van der Waals surface area contributed by atoms with Gasteiger partial charge in [0.25, 0.3) is 0 Å². The van der Waals surface area contributed by atoms with Crippen molar-refractivity contribution in [3.05, 3.63) is 35.1 Å². The molecule has 126 valence electrons. The summed E-state index contributed by atoms with van der Waals surface area (Å²) < 4.78 is 51.0. The molecule has 1 heterocycles. The standard InChI is InChI=1S/C15H20F4N2.ClH/c1-11-10-12(2-3-13(11)16)14(4-5-15(17,18)19)21-8-6-20-7-9-21;/h2-3,10,14,20H,4-9H2,1H3;1H/t14-;/m0./s1. The predicted octanol–water partition coefficient (Wildman–Crippen LogP) is 3.84. The molecule has 1 aliphatic heterocycles. The number of rotatable bonds is 4. The van der Waals surface area contributed by atoms with E-state index < -0.39 is 12.6 Å². The number of benzene rings is 1. The van der Waals surface area contributed by atoms with Crippen LogP contribution >= 0.6 is 12.4 Å². The summed E-state index contributed by atoms with van der Waals surface area (Å²) in [5.74, 6) is -0.325. The minimum Gasteiger partial charge on any atom is -0.314 e. The minimum absolute atomic E-state index is 0. The maximum absolute atomic E-state index is 13.4. The first kappa shape index (κ1) is 19.2. The molecule has 0 saturated carbocycles. The molecular formula is C15H21ClF4N2. The second-order valence-corrected chi connectivity index (χ2v) is 5.46. The summed E-state index contributed by atoms with van der Waals surface area (Å²) >= 11 is 0. The van der Waals surface area contributed by atoms with Crippen LogP contribution in [0.2, 0.25) is 0 Å². The molecule has 2 rings (SSSR count). The number of alkyl halides is 3. The van der Waals surface area contributed by atoms with Crippen LogP contribution in [0.5, 0.6) is 0 Å². The summed E-state index contributed by atoms with van der Waals surface area (Å²) in [6.07, 6.45) is -4.98. The van der Waals surface area contributed by atoms with E-state index >= 15 is 0 Å². The van der Waals surface area contributed by atoms with Gasteiger partial charge in [-0.3, -0.25) is 4.90 Å². The van der Waals surface area contributed by atoms with Crippen molar-refractivity contribution in [2.45, 2.75) is 32.0 Å². The Morgan fingerprint density at radius 1 is 1.23 bits per heavy atom. The summed E-state index contributed by atoms with van der Waals surface area (Å²) in [6, 6.07) is 4.30. The van der Waals surface area contributed by atoms with Crippen molar-refractivity contribution in [3.8, 4) is 0 Å². The van der Waals surface area contributed by atoms with Crippen LogP contribution in [0.15, 0.2) is 18.2 Å². The molecule has 2 nitrogen and oxygen atoms in total. The lowest BCUT2D eigenvalue weighted by molar-refractivity contribution is -0.138. The fraction of sp³-hybridized carbons (Fsp3) is 0.600. The quantitative estimate of drug-likeness (QED) is 0.838. The van der Waals surface area contributed by atoms with Gasteiger partial charge in [-0.25, -0.2) is 4.39 Å². The number of nitrogens with one attached hydrogen (secondary N) is 1. The van der Waals surface area contributed by atoms with Crippen molar-refractivity contribution in [1.29, 1.82) is 0 Å². The van der Waals surface area contributed by atoms with Gasteiger partial charge in [0.05, 0.1) is 0 Å². The van der Waals surface area contributed by atoms with Crippen molar-refractivity contribution < 1.29 is 17.6 Å². The lowest BCUT2D eigenvalue weighted by Gasteiger charge is -2.35. The van der Waals surface area contributed by atoms with Crippen molar-refractivity contribution in [1.82, 2.24) is 10.2 Å². The first-order chi connectivity index (χ1) is 9.87. The van der Waals surface area contributed by atoms with Crippen LogP contribution in [0.4, 0.5) is 17.6 Å². The molecule has 1 aliphatic rings. The predicted molar refractivity (Wildman–Crippen MR) is 80.9 cm³/mol. The maximum atomic E-state index is 13.4. The lowest BCUT2D eigenvalue weighted by Crippen LogP contribution is -2.45. The average Bonchev–Trinajstić information content (AvgIpc) is 2.43. The molecule has 1 aromatic rings. The Balaban J connectivity index is 0.00000242. The summed E-state index contributed by atoms with van der Waals surface area (Å²) in [4.78, 5) is 2.05. The molecule has 1 saturated heterocycles. The molecule has 1 atom stereocenters. The van der Waals surface area contributed by atoms with Gasteiger partial charge in [-0.1, -0.05) is 12.1 Å². The molecule has 0 aromatic heterocycles. The number of nitrogens with zero attached hydrogens (tertiary/aromatic N) is 1. The molecule has 1 fully saturated rings. The fourth-order valence-corrected chi connectivity index (χ4v) is 2.73. The fourth-order valence-electron chi connectivity index (χ4n) is 2.73. The summed E-state index contributed by atoms with van der Waals surface area (Å²) in [5, 5.41) is 3.19. The van der Waals surface area contributed by atoms with Gasteiger partial charge in [-0.05, 0) is 30.5 Å². The van der Waals surface area contributed by atoms with Crippen molar-refractivity contribution >= 4 is 12.4 Å². The highest BCUT2D eigenvalue weighted by atomic mass is 35.5. The molecule has 0 aliphatic carbocycles. The van der Waals surface area contributed by atoms with E-state index in [0.717, 1.165) is 18.7 Å². The first-order valence-corrected chi connectivity index (χ1v) is 7.14. The summed E-state index contributed by atoms with van der Waals surface area (Å²) in [6.45, 7) is 4.58. The molecular weight excluding hydrogens is 320 g/mol. The smallest absolute Gasteiger partial charge is 0.314 e. The second kappa shape index (κ2) is 8.13. The number of hydrogen-bond donors (Lipinski definition) is 1. The molecule has 7 heteroatoms. The van der Waals surface area contributed by atoms with Gasteiger partial charge in [-0.2, -0.15) is 13.2 Å². The first-order valence-electron chi connectivity index (χ1n) is 7.14. The van der Waals surface area contributed by atoms with Crippen LogP contribution < -0.4 is 5.32 Å². The molecule has 0 radical (unpaired) electrons. The highest BCUT2D eigenvalue weighted by molar-refractivity contribution is 5.85. The van der Waals surface area contributed by atoms with Crippen LogP contribution in [0.25, 0.3) is 0 Å². The van der Waals surface area contributed by atoms with E-state index in [1.165, 1.54) is 6.07 Å². The van der Waals surface area contributed by atoms with Crippen molar-refractivity contribution in [2.24, 2.45) is 0 Å². The second-order valence-electron chi connectivity index (χ2n) is 5.46. The minimum atomic E-state index is -4.17. The Kier molecular flexibility index (Phi) is 7.09. The third-order valence-electron chi connectivity index (χ3n) is 3.86. The van der Waals surface area contributed by atoms with Crippen LogP contribution in [-0.4, -0.2) is 37.3 Å². The number of hydrogen-bond acceptors (Lipinski definition) is 2. The van der Waals surface area contributed by atoms with Gasteiger partial charge in [-0.15, -0.1) is 12.4 Å². The highest BCUT2D eigenvalue weighted by Crippen LogP contribution is 2.32. The van der Waals surface area contributed by atoms with Crippen molar-refractivity contribution in [2.75, 3.05) is 26.2 Å². The normalized spacial score (nSPS) is 17.9. The zero-order valence-corrected chi connectivity index (χ0v) is 13.2. The van der Waals surface area contributed by atoms with E-state index in [0.29, 0.717) is 18.7 Å². The zero-order chi connectivity index (χ0) is 15.5. The van der Waals surface area contributed by atoms with Gasteiger partial charge >= 0.3 is 6.18 Å². The van der Waals surface area contributed by atoms with Gasteiger partial charge in [0.2, 0.25) is 0 Å². The summed E-state index contributed by atoms with van der Waals surface area (Å²) in [7, 11) is 0. The molecule has 22 heavy (non-hydrogen) atoms. The number of aryl methyl sites for hydroxylation is 1. The van der Waals surface area contributed by atoms with Gasteiger partial charge in [0.15, 0.2) is 0 Å². The van der Waals surface area contributed by atoms with Crippen LogP contribution in [-0.2, 0) is 0 Å². The maximum Gasteiger partial charge on any atom is 0.389 e. The van der Waals surface area contributed by atoms with Crippen LogP contribution in [0, 0.1) is 12.7 Å². The third kappa shape index (κ3) is 5.41.